The van der Waals surface area contributed by atoms with Gasteiger partial charge >= 0.3 is 11.9 Å². The average Bonchev–Trinajstić information content (AvgIpc) is 3.10. The van der Waals surface area contributed by atoms with Gasteiger partial charge in [-0.15, -0.1) is 24.8 Å². The van der Waals surface area contributed by atoms with Gasteiger partial charge in [0.05, 0.1) is 13.2 Å². The smallest absolute Gasteiger partial charge is 0.417 e. The van der Waals surface area contributed by atoms with E-state index in [4.69, 9.17) is 20.9 Å². The Morgan fingerprint density at radius 1 is 0.656 bits per heavy atom. The van der Waals surface area contributed by atoms with Crippen LogP contribution >= 0.6 is 24.8 Å². The summed E-state index contributed by atoms with van der Waals surface area (Å²) >= 11 is 0. The minimum absolute atomic E-state index is 0. The van der Waals surface area contributed by atoms with Gasteiger partial charge < -0.3 is 20.9 Å². The first kappa shape index (κ1) is 27.6. The van der Waals surface area contributed by atoms with Crippen LogP contribution in [0.3, 0.4) is 0 Å². The number of hydrogen-bond acceptors (Lipinski definition) is 8. The second-order valence-corrected chi connectivity index (χ2v) is 9.69. The summed E-state index contributed by atoms with van der Waals surface area (Å²) in [6.07, 6.45) is 10.6. The number of fused-ring (bicyclic) bond motifs is 4. The second-order valence-electron chi connectivity index (χ2n) is 9.69. The summed E-state index contributed by atoms with van der Waals surface area (Å²) in [5.74, 6) is -1.75. The number of nitrogens with zero attached hydrogens (tertiary/aromatic N) is 2. The molecule has 32 heavy (non-hydrogen) atoms. The zero-order chi connectivity index (χ0) is 21.1. The molecule has 0 aromatic carbocycles. The lowest BCUT2D eigenvalue weighted by atomic mass is 9.98. The molecule has 10 heteroatoms. The van der Waals surface area contributed by atoms with Crippen LogP contribution < -0.4 is 11.5 Å². The number of nitrogens with two attached hydrogens (primary N) is 2. The SMILES string of the molecule is Cl.Cl.NC1CC2CCC(C1)N2CCCOC(=O)C(=O)OCCCN1C2CCC1CC(N)C2. The van der Waals surface area contributed by atoms with Crippen molar-refractivity contribution >= 4 is 36.8 Å². The second kappa shape index (κ2) is 12.7. The summed E-state index contributed by atoms with van der Waals surface area (Å²) in [4.78, 5) is 28.8. The monoisotopic (exact) mass is 494 g/mol. The molecule has 4 aliphatic rings. The fourth-order valence-electron chi connectivity index (χ4n) is 6.30. The van der Waals surface area contributed by atoms with E-state index in [0.717, 1.165) is 51.6 Å². The van der Waals surface area contributed by atoms with Gasteiger partial charge in [0.1, 0.15) is 0 Å². The van der Waals surface area contributed by atoms with Crippen molar-refractivity contribution in [1.82, 2.24) is 9.80 Å². The maximum atomic E-state index is 11.9. The third-order valence-corrected chi connectivity index (χ3v) is 7.60. The molecular formula is C22H40Cl2N4O4. The molecule has 8 nitrogen and oxygen atoms in total. The van der Waals surface area contributed by atoms with Crippen LogP contribution in [0.25, 0.3) is 0 Å². The molecule has 0 spiro atoms. The number of ether oxygens (including phenoxy) is 2. The van der Waals surface area contributed by atoms with E-state index in [0.29, 0.717) is 36.3 Å². The van der Waals surface area contributed by atoms with Gasteiger partial charge in [0.2, 0.25) is 0 Å². The molecule has 4 N–H and O–H groups in total. The number of hydrogen-bond donors (Lipinski definition) is 2. The van der Waals surface area contributed by atoms with Gasteiger partial charge in [0, 0.05) is 49.3 Å². The number of piperidine rings is 2. The van der Waals surface area contributed by atoms with Gasteiger partial charge in [-0.3, -0.25) is 9.80 Å². The highest BCUT2D eigenvalue weighted by atomic mass is 35.5. The number of rotatable bonds is 8. The lowest BCUT2D eigenvalue weighted by Gasteiger charge is -2.37. The van der Waals surface area contributed by atoms with Crippen molar-refractivity contribution in [2.45, 2.75) is 100 Å². The summed E-state index contributed by atoms with van der Waals surface area (Å²) in [6.45, 7) is 2.30. The predicted octanol–water partition coefficient (Wildman–Crippen LogP) is 1.60. The van der Waals surface area contributed by atoms with Gasteiger partial charge in [0.25, 0.3) is 0 Å². The highest BCUT2D eigenvalue weighted by molar-refractivity contribution is 6.29. The number of carbonyl (C=O) groups is 2. The normalized spacial score (nSPS) is 33.8. The molecule has 0 aromatic heterocycles. The van der Waals surface area contributed by atoms with Gasteiger partial charge in [-0.05, 0) is 64.2 Å². The molecule has 4 rings (SSSR count). The number of halogens is 2. The molecule has 0 saturated carbocycles. The van der Waals surface area contributed by atoms with E-state index in [1.807, 2.05) is 0 Å². The van der Waals surface area contributed by atoms with Crippen LogP contribution in [-0.4, -0.2) is 84.3 Å². The van der Waals surface area contributed by atoms with Crippen LogP contribution in [0.15, 0.2) is 0 Å². The Bertz CT molecular complexity index is 549. The summed E-state index contributed by atoms with van der Waals surface area (Å²) in [6, 6.07) is 2.95. The number of carbonyl (C=O) groups excluding carboxylic acids is 2. The van der Waals surface area contributed by atoms with Crippen molar-refractivity contribution in [2.24, 2.45) is 11.5 Å². The van der Waals surface area contributed by atoms with E-state index in [9.17, 15) is 9.59 Å². The Balaban J connectivity index is 0.00000181. The van der Waals surface area contributed by atoms with Crippen molar-refractivity contribution in [1.29, 1.82) is 0 Å². The fourth-order valence-corrected chi connectivity index (χ4v) is 6.30. The summed E-state index contributed by atoms with van der Waals surface area (Å²) in [7, 11) is 0. The first-order valence-corrected chi connectivity index (χ1v) is 11.9. The highest BCUT2D eigenvalue weighted by Crippen LogP contribution is 2.35. The number of esters is 2. The van der Waals surface area contributed by atoms with Crippen LogP contribution in [0.4, 0.5) is 0 Å². The molecule has 0 radical (unpaired) electrons. The molecule has 4 unspecified atom stereocenters. The lowest BCUT2D eigenvalue weighted by molar-refractivity contribution is -0.168. The highest BCUT2D eigenvalue weighted by Gasteiger charge is 2.40. The van der Waals surface area contributed by atoms with E-state index < -0.39 is 11.9 Å². The minimum Gasteiger partial charge on any atom is -0.457 e. The third kappa shape index (κ3) is 6.70. The van der Waals surface area contributed by atoms with Crippen molar-refractivity contribution in [3.05, 3.63) is 0 Å². The molecule has 4 bridgehead atoms. The molecule has 186 valence electrons. The zero-order valence-electron chi connectivity index (χ0n) is 18.9. The molecule has 0 amide bonds. The largest absolute Gasteiger partial charge is 0.457 e. The first-order chi connectivity index (χ1) is 14.5. The van der Waals surface area contributed by atoms with Crippen molar-refractivity contribution in [3.63, 3.8) is 0 Å². The van der Waals surface area contributed by atoms with Crippen molar-refractivity contribution < 1.29 is 19.1 Å². The van der Waals surface area contributed by atoms with Crippen molar-refractivity contribution in [3.8, 4) is 0 Å². The fraction of sp³-hybridized carbons (Fsp3) is 0.909. The van der Waals surface area contributed by atoms with Crippen LogP contribution in [0.2, 0.25) is 0 Å². The molecule has 4 aliphatic heterocycles. The van der Waals surface area contributed by atoms with Crippen LogP contribution in [-0.2, 0) is 19.1 Å². The quantitative estimate of drug-likeness (QED) is 0.297. The van der Waals surface area contributed by atoms with E-state index >= 15 is 0 Å². The molecular weight excluding hydrogens is 455 g/mol. The van der Waals surface area contributed by atoms with Crippen LogP contribution in [0.5, 0.6) is 0 Å². The van der Waals surface area contributed by atoms with Gasteiger partial charge in [-0.2, -0.15) is 0 Å². The lowest BCUT2D eigenvalue weighted by Crippen LogP contribution is -2.47. The Hall–Kier alpha value is -0.640. The molecule has 4 fully saturated rings. The van der Waals surface area contributed by atoms with Gasteiger partial charge in [-0.25, -0.2) is 9.59 Å². The van der Waals surface area contributed by atoms with Gasteiger partial charge in [0.15, 0.2) is 0 Å². The van der Waals surface area contributed by atoms with E-state index in [1.54, 1.807) is 0 Å². The standard InChI is InChI=1S/C22H38N4O4.2ClH/c23-15-11-17-3-4-18(12-15)25(17)7-1-9-29-21(27)22(28)30-10-2-8-26-19-5-6-20(26)14-16(24)13-19;;/h15-20H,1-14,23-24H2;2*1H. The van der Waals surface area contributed by atoms with Crippen LogP contribution in [0, 0.1) is 0 Å². The summed E-state index contributed by atoms with van der Waals surface area (Å²) in [5.41, 5.74) is 12.2. The Morgan fingerprint density at radius 3 is 1.28 bits per heavy atom. The minimum atomic E-state index is -0.873. The Kier molecular flexibility index (Phi) is 11.0. The van der Waals surface area contributed by atoms with Crippen molar-refractivity contribution in [2.75, 3.05) is 26.3 Å². The molecule has 4 saturated heterocycles. The molecule has 4 atom stereocenters. The average molecular weight is 495 g/mol. The summed E-state index contributed by atoms with van der Waals surface area (Å²) in [5, 5.41) is 0. The Labute approximate surface area is 203 Å². The molecule has 0 aromatic rings. The molecule has 0 aliphatic carbocycles. The van der Waals surface area contributed by atoms with E-state index in [2.05, 4.69) is 9.80 Å². The molecule has 4 heterocycles. The zero-order valence-corrected chi connectivity index (χ0v) is 20.5. The van der Waals surface area contributed by atoms with E-state index in [1.165, 1.54) is 25.7 Å². The Morgan fingerprint density at radius 2 is 0.969 bits per heavy atom. The topological polar surface area (TPSA) is 111 Å². The maximum absolute atomic E-state index is 11.9. The summed E-state index contributed by atoms with van der Waals surface area (Å²) < 4.78 is 10.2. The third-order valence-electron chi connectivity index (χ3n) is 7.60. The van der Waals surface area contributed by atoms with E-state index in [-0.39, 0.29) is 38.0 Å². The first-order valence-electron chi connectivity index (χ1n) is 11.9. The predicted molar refractivity (Wildman–Crippen MR) is 127 cm³/mol. The van der Waals surface area contributed by atoms with Gasteiger partial charge in [-0.1, -0.05) is 0 Å². The maximum Gasteiger partial charge on any atom is 0.417 e. The van der Waals surface area contributed by atoms with Crippen LogP contribution in [0.1, 0.15) is 64.2 Å².